The molecule has 0 aromatic rings. The average Bonchev–Trinajstić information content (AvgIpc) is 2.53. The first-order valence-electron chi connectivity index (χ1n) is 4.31. The zero-order chi connectivity index (χ0) is 7.42. The molecule has 3 fully saturated rings. The molecule has 68 valence electrons. The molecule has 3 unspecified atom stereocenters. The molecule has 0 spiro atoms. The van der Waals surface area contributed by atoms with Gasteiger partial charge in [0.2, 0.25) is 0 Å². The summed E-state index contributed by atoms with van der Waals surface area (Å²) in [6.07, 6.45) is 2.34. The van der Waals surface area contributed by atoms with Crippen molar-refractivity contribution >= 4 is 18.4 Å². The van der Waals surface area contributed by atoms with Crippen LogP contribution in [0.3, 0.4) is 0 Å². The smallest absolute Gasteiger partial charge is 0.311 e. The molecule has 3 atom stereocenters. The van der Waals surface area contributed by atoms with Gasteiger partial charge in [-0.1, -0.05) is 0 Å². The van der Waals surface area contributed by atoms with Crippen LogP contribution in [-0.4, -0.2) is 36.1 Å². The number of rotatable bonds is 0. The molecule has 3 aliphatic rings. The zero-order valence-corrected chi connectivity index (χ0v) is 7.55. The first-order valence-corrected chi connectivity index (χ1v) is 4.31. The molecule has 3 rings (SSSR count). The quantitative estimate of drug-likeness (QED) is 0.518. The number of carbonyl (C=O) groups is 1. The monoisotopic (exact) mass is 189 g/mol. The van der Waals surface area contributed by atoms with Crippen molar-refractivity contribution in [2.45, 2.75) is 25.0 Å². The number of hydrogen-bond donors (Lipinski definition) is 0. The Hall–Kier alpha value is -0.280. The van der Waals surface area contributed by atoms with Crippen LogP contribution < -0.4 is 0 Å². The van der Waals surface area contributed by atoms with Gasteiger partial charge in [0.1, 0.15) is 6.10 Å². The van der Waals surface area contributed by atoms with Crippen LogP contribution >= 0.6 is 12.4 Å². The van der Waals surface area contributed by atoms with E-state index >= 15 is 0 Å². The van der Waals surface area contributed by atoms with Gasteiger partial charge in [0.15, 0.2) is 0 Å². The van der Waals surface area contributed by atoms with E-state index in [9.17, 15) is 4.79 Å². The molecule has 3 saturated heterocycles. The Balaban J connectivity index is 0.000000563. The molecular formula is C8H12ClNO2. The molecule has 3 nitrogen and oxygen atoms in total. The first-order chi connectivity index (χ1) is 5.36. The van der Waals surface area contributed by atoms with Crippen molar-refractivity contribution in [2.75, 3.05) is 13.1 Å². The van der Waals surface area contributed by atoms with Gasteiger partial charge in [-0.3, -0.25) is 9.69 Å². The number of esters is 1. The standard InChI is InChI=1S/C8H11NO2.ClH/c10-8-5-1-3-9-4-2-6(11-8)7(5)9;/h5-7H,1-4H2;1H. The minimum atomic E-state index is 0. The van der Waals surface area contributed by atoms with Crippen LogP contribution in [0.15, 0.2) is 0 Å². The van der Waals surface area contributed by atoms with Crippen molar-refractivity contribution in [2.24, 2.45) is 5.92 Å². The second-order valence-electron chi connectivity index (χ2n) is 3.69. The molecule has 12 heavy (non-hydrogen) atoms. The highest BCUT2D eigenvalue weighted by molar-refractivity contribution is 5.85. The number of halogens is 1. The molecular weight excluding hydrogens is 178 g/mol. The lowest BCUT2D eigenvalue weighted by Gasteiger charge is -2.13. The summed E-state index contributed by atoms with van der Waals surface area (Å²) >= 11 is 0. The number of hydrogen-bond acceptors (Lipinski definition) is 3. The number of ether oxygens (including phenoxy) is 1. The summed E-state index contributed by atoms with van der Waals surface area (Å²) in [5.74, 6) is 0.282. The molecule has 3 aliphatic heterocycles. The van der Waals surface area contributed by atoms with Gasteiger partial charge in [-0.25, -0.2) is 0 Å². The molecule has 0 aromatic heterocycles. The van der Waals surface area contributed by atoms with Crippen LogP contribution in [0.4, 0.5) is 0 Å². The van der Waals surface area contributed by atoms with Crippen molar-refractivity contribution < 1.29 is 9.53 Å². The fourth-order valence-electron chi connectivity index (χ4n) is 2.72. The van der Waals surface area contributed by atoms with E-state index in [1.165, 1.54) is 0 Å². The molecule has 0 aromatic carbocycles. The number of nitrogens with zero attached hydrogens (tertiary/aromatic N) is 1. The maximum atomic E-state index is 11.2. The molecule has 0 aliphatic carbocycles. The lowest BCUT2D eigenvalue weighted by Crippen LogP contribution is -2.29. The molecule has 0 bridgehead atoms. The van der Waals surface area contributed by atoms with Gasteiger partial charge in [-0.2, -0.15) is 0 Å². The largest absolute Gasteiger partial charge is 0.460 e. The second kappa shape index (κ2) is 2.60. The summed E-state index contributed by atoms with van der Waals surface area (Å²) in [7, 11) is 0. The fourth-order valence-corrected chi connectivity index (χ4v) is 2.72. The highest BCUT2D eigenvalue weighted by Gasteiger charge is 2.54. The second-order valence-corrected chi connectivity index (χ2v) is 3.69. The third-order valence-electron chi connectivity index (χ3n) is 3.21. The van der Waals surface area contributed by atoms with Gasteiger partial charge in [0.05, 0.1) is 12.0 Å². The fraction of sp³-hybridized carbons (Fsp3) is 0.875. The van der Waals surface area contributed by atoms with E-state index in [2.05, 4.69) is 4.90 Å². The van der Waals surface area contributed by atoms with E-state index in [4.69, 9.17) is 4.74 Å². The summed E-state index contributed by atoms with van der Waals surface area (Å²) in [5, 5.41) is 0. The van der Waals surface area contributed by atoms with E-state index in [-0.39, 0.29) is 30.4 Å². The van der Waals surface area contributed by atoms with Gasteiger partial charge >= 0.3 is 5.97 Å². The molecule has 0 saturated carbocycles. The van der Waals surface area contributed by atoms with E-state index in [0.717, 1.165) is 25.9 Å². The predicted molar refractivity (Wildman–Crippen MR) is 45.2 cm³/mol. The van der Waals surface area contributed by atoms with Crippen LogP contribution in [0.1, 0.15) is 12.8 Å². The summed E-state index contributed by atoms with van der Waals surface area (Å²) < 4.78 is 5.24. The SMILES string of the molecule is Cl.O=C1OC2CCN3CCC1C23. The third kappa shape index (κ3) is 0.837. The minimum Gasteiger partial charge on any atom is -0.460 e. The first kappa shape index (κ1) is 8.32. The van der Waals surface area contributed by atoms with Gasteiger partial charge in [-0.05, 0) is 19.4 Å². The van der Waals surface area contributed by atoms with Crippen LogP contribution in [0.2, 0.25) is 0 Å². The van der Waals surface area contributed by atoms with E-state index in [0.29, 0.717) is 6.04 Å². The molecule has 0 radical (unpaired) electrons. The molecule has 0 N–H and O–H groups in total. The van der Waals surface area contributed by atoms with Crippen molar-refractivity contribution in [3.63, 3.8) is 0 Å². The lowest BCUT2D eigenvalue weighted by molar-refractivity contribution is -0.144. The Bertz CT molecular complexity index is 221. The van der Waals surface area contributed by atoms with E-state index < -0.39 is 0 Å². The van der Waals surface area contributed by atoms with Crippen LogP contribution in [0.5, 0.6) is 0 Å². The molecule has 4 heteroatoms. The van der Waals surface area contributed by atoms with Crippen molar-refractivity contribution in [3.8, 4) is 0 Å². The minimum absolute atomic E-state index is 0. The third-order valence-corrected chi connectivity index (χ3v) is 3.21. The van der Waals surface area contributed by atoms with Crippen molar-refractivity contribution in [3.05, 3.63) is 0 Å². The van der Waals surface area contributed by atoms with E-state index in [1.54, 1.807) is 0 Å². The summed E-state index contributed by atoms with van der Waals surface area (Å²) in [4.78, 5) is 13.6. The average molecular weight is 190 g/mol. The maximum Gasteiger partial charge on any atom is 0.311 e. The Labute approximate surface area is 77.5 Å². The Kier molecular flexibility index (Phi) is 1.81. The lowest BCUT2D eigenvalue weighted by atomic mass is 10.0. The van der Waals surface area contributed by atoms with Gasteiger partial charge in [0.25, 0.3) is 0 Å². The Morgan fingerprint density at radius 3 is 2.92 bits per heavy atom. The van der Waals surface area contributed by atoms with Crippen molar-refractivity contribution in [1.29, 1.82) is 0 Å². The molecule has 3 heterocycles. The highest BCUT2D eigenvalue weighted by atomic mass is 35.5. The summed E-state index contributed by atoms with van der Waals surface area (Å²) in [5.41, 5.74) is 0. The molecule has 0 amide bonds. The van der Waals surface area contributed by atoms with Crippen LogP contribution in [0, 0.1) is 5.92 Å². The topological polar surface area (TPSA) is 29.5 Å². The maximum absolute atomic E-state index is 11.2. The van der Waals surface area contributed by atoms with Gasteiger partial charge in [-0.15, -0.1) is 12.4 Å². The number of carbonyl (C=O) groups excluding carboxylic acids is 1. The van der Waals surface area contributed by atoms with Crippen molar-refractivity contribution in [1.82, 2.24) is 4.90 Å². The summed E-state index contributed by atoms with van der Waals surface area (Å²) in [6, 6.07) is 0.461. The van der Waals surface area contributed by atoms with Gasteiger partial charge in [0, 0.05) is 6.54 Å². The Morgan fingerprint density at radius 1 is 1.33 bits per heavy atom. The summed E-state index contributed by atoms with van der Waals surface area (Å²) in [6.45, 7) is 2.25. The van der Waals surface area contributed by atoms with E-state index in [1.807, 2.05) is 0 Å². The normalized spacial score (nSPS) is 44.0. The highest BCUT2D eigenvalue weighted by Crippen LogP contribution is 2.40. The Morgan fingerprint density at radius 2 is 2.08 bits per heavy atom. The zero-order valence-electron chi connectivity index (χ0n) is 6.73. The predicted octanol–water partition coefficient (Wildman–Crippen LogP) is 0.428. The van der Waals surface area contributed by atoms with Crippen LogP contribution in [-0.2, 0) is 9.53 Å². The van der Waals surface area contributed by atoms with Gasteiger partial charge < -0.3 is 4.74 Å². The van der Waals surface area contributed by atoms with Crippen LogP contribution in [0.25, 0.3) is 0 Å².